The Morgan fingerprint density at radius 1 is 1.25 bits per heavy atom. The molecule has 0 spiro atoms. The van der Waals surface area contributed by atoms with Gasteiger partial charge in [-0.25, -0.2) is 0 Å². The average Bonchev–Trinajstić information content (AvgIpc) is 2.98. The Labute approximate surface area is 123 Å². The maximum absolute atomic E-state index is 4.82. The van der Waals surface area contributed by atoms with E-state index < -0.39 is 0 Å². The molecule has 20 heavy (non-hydrogen) atoms. The normalized spacial score (nSPS) is 25.1. The predicted octanol–water partition coefficient (Wildman–Crippen LogP) is 2.13. The number of piperidine rings is 1. The lowest BCUT2D eigenvalue weighted by Gasteiger charge is -2.34. The molecule has 1 aliphatic carbocycles. The number of aliphatic imine (C=N–C) groups is 1. The number of likely N-dealkylation sites (N-methyl/N-ethyl adjacent to an activating group) is 1. The first-order valence-corrected chi connectivity index (χ1v) is 8.27. The van der Waals surface area contributed by atoms with Gasteiger partial charge in [-0.2, -0.15) is 0 Å². The van der Waals surface area contributed by atoms with E-state index >= 15 is 0 Å². The third-order valence-electron chi connectivity index (χ3n) is 4.31. The molecule has 2 N–H and O–H groups in total. The van der Waals surface area contributed by atoms with Crippen molar-refractivity contribution in [1.82, 2.24) is 15.5 Å². The van der Waals surface area contributed by atoms with Crippen LogP contribution in [0, 0.1) is 0 Å². The molecule has 2 aliphatic rings. The molecular weight excluding hydrogens is 248 g/mol. The van der Waals surface area contributed by atoms with Crippen molar-refractivity contribution in [3.63, 3.8) is 0 Å². The van der Waals surface area contributed by atoms with E-state index in [2.05, 4.69) is 41.5 Å². The summed E-state index contributed by atoms with van der Waals surface area (Å²) in [5.41, 5.74) is 0. The number of hydrogen-bond donors (Lipinski definition) is 2. The summed E-state index contributed by atoms with van der Waals surface area (Å²) in [7, 11) is 0. The monoisotopic (exact) mass is 278 g/mol. The fraction of sp³-hybridized carbons (Fsp3) is 0.812. The number of nitrogens with one attached hydrogen (secondary N) is 2. The Hall–Kier alpha value is -1.03. The lowest BCUT2D eigenvalue weighted by molar-refractivity contribution is 0.161. The highest BCUT2D eigenvalue weighted by Crippen LogP contribution is 2.16. The minimum Gasteiger partial charge on any atom is -0.357 e. The summed E-state index contributed by atoms with van der Waals surface area (Å²) in [5, 5.41) is 6.92. The highest BCUT2D eigenvalue weighted by Gasteiger charge is 2.20. The third-order valence-corrected chi connectivity index (χ3v) is 4.31. The molecule has 0 saturated carbocycles. The summed E-state index contributed by atoms with van der Waals surface area (Å²) < 4.78 is 0. The van der Waals surface area contributed by atoms with Crippen LogP contribution in [0.15, 0.2) is 17.1 Å². The molecule has 0 aromatic heterocycles. The van der Waals surface area contributed by atoms with Crippen LogP contribution in [0.4, 0.5) is 0 Å². The van der Waals surface area contributed by atoms with Crippen LogP contribution in [0.25, 0.3) is 0 Å². The Bertz CT molecular complexity index is 329. The number of guanidine groups is 1. The van der Waals surface area contributed by atoms with Crippen LogP contribution in [0.1, 0.15) is 46.0 Å². The molecule has 1 aliphatic heterocycles. The second-order valence-corrected chi connectivity index (χ2v) is 5.78. The summed E-state index contributed by atoms with van der Waals surface area (Å²) in [5.74, 6) is 0.989. The number of likely N-dealkylation sites (tertiary alicyclic amines) is 1. The number of hydrogen-bond acceptors (Lipinski definition) is 2. The highest BCUT2D eigenvalue weighted by molar-refractivity contribution is 5.80. The summed E-state index contributed by atoms with van der Waals surface area (Å²) in [6, 6.07) is 1.16. The summed E-state index contributed by atoms with van der Waals surface area (Å²) >= 11 is 0. The molecule has 1 saturated heterocycles. The largest absolute Gasteiger partial charge is 0.357 e. The van der Waals surface area contributed by atoms with Crippen LogP contribution in [0.3, 0.4) is 0 Å². The molecule has 1 unspecified atom stereocenters. The molecule has 0 aromatic rings. The number of nitrogens with zero attached hydrogens (tertiary/aromatic N) is 2. The van der Waals surface area contributed by atoms with E-state index in [1.54, 1.807) is 0 Å². The van der Waals surface area contributed by atoms with E-state index in [0.29, 0.717) is 12.1 Å². The molecule has 1 heterocycles. The third kappa shape index (κ3) is 4.51. The van der Waals surface area contributed by atoms with Gasteiger partial charge in [0.15, 0.2) is 5.96 Å². The van der Waals surface area contributed by atoms with Crippen LogP contribution >= 0.6 is 0 Å². The van der Waals surface area contributed by atoms with Gasteiger partial charge in [-0.15, -0.1) is 0 Å². The van der Waals surface area contributed by atoms with Crippen molar-refractivity contribution in [3.05, 3.63) is 12.2 Å². The molecule has 4 nitrogen and oxygen atoms in total. The second-order valence-electron chi connectivity index (χ2n) is 5.78. The van der Waals surface area contributed by atoms with Gasteiger partial charge in [0, 0.05) is 18.6 Å². The van der Waals surface area contributed by atoms with E-state index in [1.165, 1.54) is 25.8 Å². The first-order valence-electron chi connectivity index (χ1n) is 8.27. The molecule has 114 valence electrons. The molecule has 2 rings (SSSR count). The smallest absolute Gasteiger partial charge is 0.191 e. The summed E-state index contributed by atoms with van der Waals surface area (Å²) in [6.45, 7) is 8.63. The van der Waals surface area contributed by atoms with Gasteiger partial charge in [0.1, 0.15) is 0 Å². The van der Waals surface area contributed by atoms with E-state index in [4.69, 9.17) is 4.99 Å². The minimum atomic E-state index is 0.529. The highest BCUT2D eigenvalue weighted by atomic mass is 15.2. The van der Waals surface area contributed by atoms with Gasteiger partial charge in [-0.05, 0) is 45.7 Å². The van der Waals surface area contributed by atoms with Crippen LogP contribution in [0.2, 0.25) is 0 Å². The maximum atomic E-state index is 4.82. The van der Waals surface area contributed by atoms with Gasteiger partial charge in [0.25, 0.3) is 0 Å². The molecule has 0 aromatic carbocycles. The average molecular weight is 278 g/mol. The van der Waals surface area contributed by atoms with Gasteiger partial charge in [0.2, 0.25) is 0 Å². The first kappa shape index (κ1) is 15.4. The van der Waals surface area contributed by atoms with Crippen molar-refractivity contribution in [3.8, 4) is 0 Å². The predicted molar refractivity (Wildman–Crippen MR) is 86.2 cm³/mol. The van der Waals surface area contributed by atoms with E-state index in [9.17, 15) is 0 Å². The zero-order chi connectivity index (χ0) is 14.2. The Morgan fingerprint density at radius 2 is 2.05 bits per heavy atom. The standard InChI is InChI=1S/C16H30N4/c1-3-17-16(19-14-9-5-6-10-14)18-13-15-11-7-8-12-20(15)4-2/h5-6,14-15H,3-4,7-13H2,1-2H3,(H2,17,18,19). The van der Waals surface area contributed by atoms with Gasteiger partial charge >= 0.3 is 0 Å². The van der Waals surface area contributed by atoms with Crippen molar-refractivity contribution in [1.29, 1.82) is 0 Å². The van der Waals surface area contributed by atoms with Crippen molar-refractivity contribution in [2.45, 2.75) is 58.0 Å². The lowest BCUT2D eigenvalue weighted by Crippen LogP contribution is -2.45. The van der Waals surface area contributed by atoms with Crippen LogP contribution < -0.4 is 10.6 Å². The van der Waals surface area contributed by atoms with Crippen molar-refractivity contribution in [2.75, 3.05) is 26.2 Å². The van der Waals surface area contributed by atoms with Gasteiger partial charge in [0.05, 0.1) is 6.54 Å². The Kier molecular flexibility index (Phi) is 6.37. The van der Waals surface area contributed by atoms with E-state index in [-0.39, 0.29) is 0 Å². The summed E-state index contributed by atoms with van der Waals surface area (Å²) in [6.07, 6.45) is 10.7. The van der Waals surface area contributed by atoms with Gasteiger partial charge in [-0.1, -0.05) is 25.5 Å². The fourth-order valence-electron chi connectivity index (χ4n) is 3.13. The molecule has 1 atom stereocenters. The molecule has 4 heteroatoms. The fourth-order valence-corrected chi connectivity index (χ4v) is 3.13. The molecule has 0 bridgehead atoms. The van der Waals surface area contributed by atoms with Gasteiger partial charge < -0.3 is 10.6 Å². The van der Waals surface area contributed by atoms with Crippen molar-refractivity contribution >= 4 is 5.96 Å². The molecule has 0 radical (unpaired) electrons. The van der Waals surface area contributed by atoms with Crippen LogP contribution in [-0.2, 0) is 0 Å². The topological polar surface area (TPSA) is 39.7 Å². The zero-order valence-electron chi connectivity index (χ0n) is 13.1. The molecular formula is C16H30N4. The van der Waals surface area contributed by atoms with Gasteiger partial charge in [-0.3, -0.25) is 9.89 Å². The summed E-state index contributed by atoms with van der Waals surface area (Å²) in [4.78, 5) is 7.40. The quantitative estimate of drug-likeness (QED) is 0.460. The first-order chi connectivity index (χ1) is 9.83. The molecule has 1 fully saturated rings. The molecule has 0 amide bonds. The Balaban J connectivity index is 1.86. The van der Waals surface area contributed by atoms with Crippen molar-refractivity contribution in [2.24, 2.45) is 4.99 Å². The van der Waals surface area contributed by atoms with E-state index in [0.717, 1.165) is 38.4 Å². The minimum absolute atomic E-state index is 0.529. The second kappa shape index (κ2) is 8.30. The van der Waals surface area contributed by atoms with Crippen LogP contribution in [0.5, 0.6) is 0 Å². The number of rotatable bonds is 5. The Morgan fingerprint density at radius 3 is 2.75 bits per heavy atom. The zero-order valence-corrected chi connectivity index (χ0v) is 13.1. The lowest BCUT2D eigenvalue weighted by atomic mass is 10.0. The maximum Gasteiger partial charge on any atom is 0.191 e. The van der Waals surface area contributed by atoms with Crippen LogP contribution in [-0.4, -0.2) is 49.1 Å². The van der Waals surface area contributed by atoms with Crippen molar-refractivity contribution < 1.29 is 0 Å². The SMILES string of the molecule is CCNC(=NCC1CCCCN1CC)NC1CC=CC1. The van der Waals surface area contributed by atoms with E-state index in [1.807, 2.05) is 0 Å².